The van der Waals surface area contributed by atoms with Gasteiger partial charge in [0.15, 0.2) is 5.82 Å². The van der Waals surface area contributed by atoms with E-state index in [1.54, 1.807) is 7.11 Å². The molecule has 0 fully saturated rings. The number of methoxy groups -OCH3 is 1. The van der Waals surface area contributed by atoms with Crippen LogP contribution in [0.3, 0.4) is 0 Å². The molecule has 8 heteroatoms. The van der Waals surface area contributed by atoms with Crippen LogP contribution >= 0.6 is 0 Å². The summed E-state index contributed by atoms with van der Waals surface area (Å²) in [5.41, 5.74) is 2.40. The van der Waals surface area contributed by atoms with Gasteiger partial charge < -0.3 is 9.72 Å². The first-order chi connectivity index (χ1) is 16.8. The van der Waals surface area contributed by atoms with Gasteiger partial charge in [-0.2, -0.15) is 0 Å². The molecule has 2 heterocycles. The number of pyridine rings is 1. The Morgan fingerprint density at radius 3 is 2.57 bits per heavy atom. The van der Waals surface area contributed by atoms with Crippen LogP contribution in [0.4, 0.5) is 0 Å². The summed E-state index contributed by atoms with van der Waals surface area (Å²) in [5, 5.41) is 13.6. The van der Waals surface area contributed by atoms with Crippen molar-refractivity contribution in [3.63, 3.8) is 0 Å². The first-order valence-corrected chi connectivity index (χ1v) is 12.1. The second-order valence-corrected chi connectivity index (χ2v) is 9.83. The molecule has 2 aromatic heterocycles. The Hall–Kier alpha value is -3.52. The molecule has 0 amide bonds. The second kappa shape index (κ2) is 10.4. The second-order valence-electron chi connectivity index (χ2n) is 9.83. The van der Waals surface area contributed by atoms with Crippen molar-refractivity contribution in [2.75, 3.05) is 13.7 Å². The molecule has 35 heavy (non-hydrogen) atoms. The molecule has 0 spiro atoms. The van der Waals surface area contributed by atoms with Gasteiger partial charge in [0, 0.05) is 29.6 Å². The minimum atomic E-state index is -0.256. The number of hydrogen-bond donors (Lipinski definition) is 1. The van der Waals surface area contributed by atoms with Crippen molar-refractivity contribution in [1.29, 1.82) is 0 Å². The smallest absolute Gasteiger partial charge is 0.252 e. The molecular weight excluding hydrogens is 440 g/mol. The fourth-order valence-electron chi connectivity index (χ4n) is 4.44. The van der Waals surface area contributed by atoms with Crippen LogP contribution in [0.1, 0.15) is 57.1 Å². The van der Waals surface area contributed by atoms with Crippen molar-refractivity contribution in [3.05, 3.63) is 81.9 Å². The highest BCUT2D eigenvalue weighted by molar-refractivity contribution is 5.80. The van der Waals surface area contributed by atoms with Gasteiger partial charge in [-0.15, -0.1) is 5.10 Å². The van der Waals surface area contributed by atoms with Crippen LogP contribution in [-0.4, -0.2) is 43.7 Å². The van der Waals surface area contributed by atoms with Crippen LogP contribution in [0.2, 0.25) is 0 Å². The molecule has 0 radical (unpaired) electrons. The summed E-state index contributed by atoms with van der Waals surface area (Å²) in [4.78, 5) is 18.4. The molecule has 0 saturated carbocycles. The normalized spacial score (nSPS) is 12.9. The van der Waals surface area contributed by atoms with Crippen LogP contribution in [0.5, 0.6) is 5.75 Å². The fourth-order valence-corrected chi connectivity index (χ4v) is 4.44. The maximum Gasteiger partial charge on any atom is 0.252 e. The van der Waals surface area contributed by atoms with E-state index in [1.165, 1.54) is 5.56 Å². The number of benzene rings is 2. The molecule has 2 aromatic carbocycles. The van der Waals surface area contributed by atoms with E-state index >= 15 is 0 Å². The molecule has 184 valence electrons. The van der Waals surface area contributed by atoms with Crippen molar-refractivity contribution in [2.24, 2.45) is 0 Å². The van der Waals surface area contributed by atoms with Gasteiger partial charge in [-0.05, 0) is 73.9 Å². The van der Waals surface area contributed by atoms with Crippen molar-refractivity contribution in [1.82, 2.24) is 30.1 Å². The predicted octanol–water partition coefficient (Wildman–Crippen LogP) is 4.47. The lowest BCUT2D eigenvalue weighted by atomic mass is 10.0. The topological polar surface area (TPSA) is 88.9 Å². The van der Waals surface area contributed by atoms with Gasteiger partial charge >= 0.3 is 0 Å². The molecule has 0 aliphatic heterocycles. The SMILES string of the molecule is CCC(c1nnnn1C(C)(C)C)N(CCc1ccccc1)Cc1cc2cc(OC)ccc2[nH]c1=O. The average Bonchev–Trinajstić information content (AvgIpc) is 3.34. The third kappa shape index (κ3) is 5.59. The van der Waals surface area contributed by atoms with Gasteiger partial charge in [0.1, 0.15) is 5.75 Å². The number of tetrazole rings is 1. The number of hydrogen-bond acceptors (Lipinski definition) is 6. The van der Waals surface area contributed by atoms with Crippen LogP contribution in [0.15, 0.2) is 59.4 Å². The maximum absolute atomic E-state index is 13.1. The maximum atomic E-state index is 13.1. The number of H-pyrrole nitrogens is 1. The molecule has 8 nitrogen and oxygen atoms in total. The monoisotopic (exact) mass is 474 g/mol. The zero-order valence-electron chi connectivity index (χ0n) is 21.2. The van der Waals surface area contributed by atoms with Crippen molar-refractivity contribution in [2.45, 2.75) is 58.7 Å². The predicted molar refractivity (Wildman–Crippen MR) is 138 cm³/mol. The third-order valence-corrected chi connectivity index (χ3v) is 6.29. The Kier molecular flexibility index (Phi) is 7.31. The molecule has 1 N–H and O–H groups in total. The molecule has 0 saturated heterocycles. The minimum absolute atomic E-state index is 0.0478. The lowest BCUT2D eigenvalue weighted by Crippen LogP contribution is -2.36. The number of fused-ring (bicyclic) bond motifs is 1. The van der Waals surface area contributed by atoms with Crippen LogP contribution in [-0.2, 0) is 18.5 Å². The van der Waals surface area contributed by atoms with E-state index in [1.807, 2.05) is 35.0 Å². The van der Waals surface area contributed by atoms with Crippen LogP contribution < -0.4 is 10.3 Å². The largest absolute Gasteiger partial charge is 0.497 e. The van der Waals surface area contributed by atoms with Crippen LogP contribution in [0.25, 0.3) is 10.9 Å². The van der Waals surface area contributed by atoms with Gasteiger partial charge in [0.2, 0.25) is 0 Å². The van der Waals surface area contributed by atoms with Gasteiger partial charge in [-0.25, -0.2) is 4.68 Å². The van der Waals surface area contributed by atoms with Crippen molar-refractivity contribution < 1.29 is 4.74 Å². The molecular formula is C27H34N6O2. The quantitative estimate of drug-likeness (QED) is 0.385. The van der Waals surface area contributed by atoms with E-state index in [-0.39, 0.29) is 17.1 Å². The van der Waals surface area contributed by atoms with Crippen LogP contribution in [0, 0.1) is 0 Å². The van der Waals surface area contributed by atoms with Crippen molar-refractivity contribution in [3.8, 4) is 5.75 Å². The van der Waals surface area contributed by atoms with Gasteiger partial charge in [0.25, 0.3) is 5.56 Å². The van der Waals surface area contributed by atoms with Gasteiger partial charge in [-0.3, -0.25) is 9.69 Å². The summed E-state index contributed by atoms with van der Waals surface area (Å²) in [6, 6.07) is 18.0. The molecule has 0 aliphatic carbocycles. The molecule has 0 aliphatic rings. The number of ether oxygens (including phenoxy) is 1. The highest BCUT2D eigenvalue weighted by atomic mass is 16.5. The number of aromatic nitrogens is 5. The number of nitrogens with zero attached hydrogens (tertiary/aromatic N) is 5. The standard InChI is InChI=1S/C27H34N6O2/c1-6-24(25-29-30-31-33(25)27(2,3)4)32(15-14-19-10-8-7-9-11-19)18-21-16-20-17-22(35-5)12-13-23(20)28-26(21)34/h7-13,16-17,24H,6,14-15,18H2,1-5H3,(H,28,34). The third-order valence-electron chi connectivity index (χ3n) is 6.29. The first-order valence-electron chi connectivity index (χ1n) is 12.1. The first kappa shape index (κ1) is 24.6. The summed E-state index contributed by atoms with van der Waals surface area (Å²) in [6.07, 6.45) is 1.66. The molecule has 1 unspecified atom stereocenters. The summed E-state index contributed by atoms with van der Waals surface area (Å²) >= 11 is 0. The summed E-state index contributed by atoms with van der Waals surface area (Å²) in [5.74, 6) is 1.57. The molecule has 0 bridgehead atoms. The lowest BCUT2D eigenvalue weighted by molar-refractivity contribution is 0.163. The molecule has 4 rings (SSSR count). The summed E-state index contributed by atoms with van der Waals surface area (Å²) < 4.78 is 7.28. The van der Waals surface area contributed by atoms with Gasteiger partial charge in [-0.1, -0.05) is 37.3 Å². The minimum Gasteiger partial charge on any atom is -0.497 e. The van der Waals surface area contributed by atoms with E-state index < -0.39 is 0 Å². The van der Waals surface area contributed by atoms with E-state index in [0.717, 1.165) is 41.9 Å². The Morgan fingerprint density at radius 1 is 1.11 bits per heavy atom. The summed E-state index contributed by atoms with van der Waals surface area (Å²) in [6.45, 7) is 9.65. The lowest BCUT2D eigenvalue weighted by Gasteiger charge is -2.32. The average molecular weight is 475 g/mol. The highest BCUT2D eigenvalue weighted by Crippen LogP contribution is 2.28. The zero-order chi connectivity index (χ0) is 25.0. The number of aromatic amines is 1. The van der Waals surface area contributed by atoms with E-state index in [4.69, 9.17) is 4.74 Å². The van der Waals surface area contributed by atoms with E-state index in [0.29, 0.717) is 12.1 Å². The molecule has 4 aromatic rings. The Bertz CT molecular complexity index is 1320. The Morgan fingerprint density at radius 2 is 1.89 bits per heavy atom. The summed E-state index contributed by atoms with van der Waals surface area (Å²) in [7, 11) is 1.64. The van der Waals surface area contributed by atoms with Crippen molar-refractivity contribution >= 4 is 10.9 Å². The Labute approximate surface area is 205 Å². The Balaban J connectivity index is 1.72. The fraction of sp³-hybridized carbons (Fsp3) is 0.407. The number of nitrogens with one attached hydrogen (secondary N) is 1. The van der Waals surface area contributed by atoms with Gasteiger partial charge in [0.05, 0.1) is 18.7 Å². The zero-order valence-corrected chi connectivity index (χ0v) is 21.2. The highest BCUT2D eigenvalue weighted by Gasteiger charge is 2.29. The van der Waals surface area contributed by atoms with E-state index in [9.17, 15) is 4.79 Å². The number of rotatable bonds is 9. The van der Waals surface area contributed by atoms with E-state index in [2.05, 4.69) is 77.4 Å². The molecule has 1 atom stereocenters.